The highest BCUT2D eigenvalue weighted by Crippen LogP contribution is 2.21. The van der Waals surface area contributed by atoms with Crippen LogP contribution in [0, 0.1) is 0 Å². The normalized spacial score (nSPS) is 15.5. The third kappa shape index (κ3) is 2.97. The predicted octanol–water partition coefficient (Wildman–Crippen LogP) is 2.40. The number of ether oxygens (including phenoxy) is 1. The molecule has 0 radical (unpaired) electrons. The molecule has 0 amide bonds. The minimum Gasteiger partial charge on any atom is -0.497 e. The van der Waals surface area contributed by atoms with E-state index in [4.69, 9.17) is 9.15 Å². The van der Waals surface area contributed by atoms with Gasteiger partial charge < -0.3 is 9.15 Å². The maximum Gasteiger partial charge on any atom is 0.347 e. The Morgan fingerprint density at radius 1 is 1.29 bits per heavy atom. The van der Waals surface area contributed by atoms with Gasteiger partial charge in [0.25, 0.3) is 0 Å². The minimum atomic E-state index is -0.541. The zero-order chi connectivity index (χ0) is 14.8. The molecule has 2 aromatic rings. The van der Waals surface area contributed by atoms with Crippen LogP contribution in [0.2, 0.25) is 0 Å². The molecule has 0 N–H and O–H groups in total. The minimum absolute atomic E-state index is 0.0984. The number of carbonyl (C=O) groups is 1. The number of rotatable bonds is 4. The van der Waals surface area contributed by atoms with Gasteiger partial charge in [-0.2, -0.15) is 0 Å². The summed E-state index contributed by atoms with van der Waals surface area (Å²) in [6.45, 7) is 0. The lowest BCUT2D eigenvalue weighted by atomic mass is 10.1. The molecular weight excluding hydrogens is 288 g/mol. The molecule has 0 spiro atoms. The zero-order valence-electron chi connectivity index (χ0n) is 11.9. The lowest BCUT2D eigenvalue weighted by molar-refractivity contribution is 0.101. The van der Waals surface area contributed by atoms with E-state index in [1.807, 2.05) is 0 Å². The predicted molar refractivity (Wildman–Crippen MR) is 84.6 cm³/mol. The number of benzene rings is 1. The van der Waals surface area contributed by atoms with Crippen LogP contribution in [0.1, 0.15) is 23.2 Å². The molecule has 4 nitrogen and oxygen atoms in total. The third-order valence-corrected chi connectivity index (χ3v) is 6.09. The van der Waals surface area contributed by atoms with Crippen LogP contribution in [-0.2, 0) is 10.9 Å². The van der Waals surface area contributed by atoms with E-state index >= 15 is 0 Å². The fraction of sp³-hybridized carbons (Fsp3) is 0.375. The first-order chi connectivity index (χ1) is 10.2. The Balaban J connectivity index is 1.94. The number of fused-ring (bicyclic) bond motifs is 1. The fourth-order valence-electron chi connectivity index (χ4n) is 2.54. The third-order valence-electron chi connectivity index (χ3n) is 3.69. The molecule has 0 atom stereocenters. The van der Waals surface area contributed by atoms with Gasteiger partial charge in [-0.25, -0.2) is 4.79 Å². The quantitative estimate of drug-likeness (QED) is 0.494. The van der Waals surface area contributed by atoms with E-state index in [1.54, 1.807) is 31.4 Å². The highest BCUT2D eigenvalue weighted by Gasteiger charge is 2.29. The summed E-state index contributed by atoms with van der Waals surface area (Å²) >= 11 is 0. The van der Waals surface area contributed by atoms with Gasteiger partial charge in [-0.3, -0.25) is 4.79 Å². The molecule has 1 aliphatic heterocycles. The second-order valence-electron chi connectivity index (χ2n) is 5.15. The molecule has 5 heteroatoms. The molecule has 0 unspecified atom stereocenters. The molecule has 1 aliphatic rings. The molecule has 1 aromatic carbocycles. The highest BCUT2D eigenvalue weighted by atomic mass is 32.2. The van der Waals surface area contributed by atoms with Crippen molar-refractivity contribution in [3.05, 3.63) is 40.2 Å². The smallest absolute Gasteiger partial charge is 0.347 e. The van der Waals surface area contributed by atoms with E-state index in [-0.39, 0.29) is 22.2 Å². The number of hydrogen-bond donors (Lipinski definition) is 0. The van der Waals surface area contributed by atoms with Crippen LogP contribution in [0.3, 0.4) is 0 Å². The van der Waals surface area contributed by atoms with Gasteiger partial charge in [0.1, 0.15) is 28.4 Å². The van der Waals surface area contributed by atoms with Gasteiger partial charge in [-0.05, 0) is 48.0 Å². The van der Waals surface area contributed by atoms with Crippen molar-refractivity contribution in [2.75, 3.05) is 24.4 Å². The van der Waals surface area contributed by atoms with Crippen molar-refractivity contribution in [3.8, 4) is 5.75 Å². The molecule has 2 heterocycles. The summed E-state index contributed by atoms with van der Waals surface area (Å²) in [6, 6.07) is 6.81. The summed E-state index contributed by atoms with van der Waals surface area (Å²) in [4.78, 5) is 24.3. The van der Waals surface area contributed by atoms with E-state index in [2.05, 4.69) is 0 Å². The first-order valence-corrected chi connectivity index (χ1v) is 8.70. The number of methoxy groups -OCH3 is 1. The maximum absolute atomic E-state index is 12.3. The Labute approximate surface area is 125 Å². The van der Waals surface area contributed by atoms with E-state index in [9.17, 15) is 9.59 Å². The average molecular weight is 305 g/mol. The van der Waals surface area contributed by atoms with Crippen molar-refractivity contribution in [2.45, 2.75) is 12.8 Å². The van der Waals surface area contributed by atoms with Gasteiger partial charge in [0.2, 0.25) is 5.78 Å². The Kier molecular flexibility index (Phi) is 4.01. The van der Waals surface area contributed by atoms with Crippen LogP contribution < -0.4 is 10.4 Å². The largest absolute Gasteiger partial charge is 0.497 e. The topological polar surface area (TPSA) is 56.5 Å². The number of carbonyl (C=O) groups excluding carboxylic acids is 1. The van der Waals surface area contributed by atoms with Gasteiger partial charge in [-0.1, -0.05) is 0 Å². The van der Waals surface area contributed by atoms with Crippen LogP contribution in [-0.4, -0.2) is 30.2 Å². The summed E-state index contributed by atoms with van der Waals surface area (Å²) in [5.74, 6) is 3.27. The Morgan fingerprint density at radius 2 is 2.05 bits per heavy atom. The van der Waals surface area contributed by atoms with Crippen molar-refractivity contribution in [2.24, 2.45) is 0 Å². The van der Waals surface area contributed by atoms with Gasteiger partial charge in [-0.15, -0.1) is 0 Å². The second-order valence-corrected chi connectivity index (χ2v) is 7.48. The van der Waals surface area contributed by atoms with Crippen molar-refractivity contribution in [1.29, 1.82) is 0 Å². The van der Waals surface area contributed by atoms with Crippen LogP contribution in [0.25, 0.3) is 11.0 Å². The van der Waals surface area contributed by atoms with Gasteiger partial charge >= 0.3 is 5.63 Å². The summed E-state index contributed by atoms with van der Waals surface area (Å²) < 4.78 is 10.4. The molecule has 3 rings (SSSR count). The monoisotopic (exact) mass is 305 g/mol. The Bertz CT molecular complexity index is 729. The SMILES string of the molecule is COc1ccc2oc(=O)c(C(=O)C[S+]3CCCC3)cc2c1. The van der Waals surface area contributed by atoms with Crippen LogP contribution in [0.4, 0.5) is 0 Å². The molecule has 0 saturated carbocycles. The zero-order valence-corrected chi connectivity index (χ0v) is 12.7. The first kappa shape index (κ1) is 14.2. The van der Waals surface area contributed by atoms with Crippen LogP contribution in [0.5, 0.6) is 5.75 Å². The second kappa shape index (κ2) is 5.93. The molecule has 1 fully saturated rings. The lowest BCUT2D eigenvalue weighted by Crippen LogP contribution is -2.23. The summed E-state index contributed by atoms with van der Waals surface area (Å²) in [7, 11) is 1.72. The van der Waals surface area contributed by atoms with E-state index in [0.29, 0.717) is 22.5 Å². The Hall–Kier alpha value is -1.75. The molecule has 21 heavy (non-hydrogen) atoms. The molecular formula is C16H17O4S+. The summed E-state index contributed by atoms with van der Waals surface area (Å²) in [5, 5.41) is 0.715. The molecule has 0 bridgehead atoms. The van der Waals surface area contributed by atoms with Crippen molar-refractivity contribution in [3.63, 3.8) is 0 Å². The van der Waals surface area contributed by atoms with Crippen molar-refractivity contribution in [1.82, 2.24) is 0 Å². The van der Waals surface area contributed by atoms with Crippen LogP contribution in [0.15, 0.2) is 33.5 Å². The number of hydrogen-bond acceptors (Lipinski definition) is 4. The maximum atomic E-state index is 12.3. The molecule has 1 aromatic heterocycles. The van der Waals surface area contributed by atoms with Gasteiger partial charge in [0.15, 0.2) is 5.75 Å². The molecule has 1 saturated heterocycles. The highest BCUT2D eigenvalue weighted by molar-refractivity contribution is 7.97. The summed E-state index contributed by atoms with van der Waals surface area (Å²) in [6.07, 6.45) is 2.39. The van der Waals surface area contributed by atoms with E-state index in [0.717, 1.165) is 11.5 Å². The van der Waals surface area contributed by atoms with Crippen LogP contribution >= 0.6 is 0 Å². The van der Waals surface area contributed by atoms with Gasteiger partial charge in [0, 0.05) is 5.39 Å². The fourth-order valence-corrected chi connectivity index (χ4v) is 4.79. The van der Waals surface area contributed by atoms with Crippen molar-refractivity contribution >= 4 is 27.6 Å². The summed E-state index contributed by atoms with van der Waals surface area (Å²) in [5.41, 5.74) is 0.0938. The van der Waals surface area contributed by atoms with Gasteiger partial charge in [0.05, 0.1) is 7.11 Å². The lowest BCUT2D eigenvalue weighted by Gasteiger charge is -2.04. The Morgan fingerprint density at radius 3 is 2.76 bits per heavy atom. The first-order valence-electron chi connectivity index (χ1n) is 6.96. The average Bonchev–Trinajstić information content (AvgIpc) is 2.98. The van der Waals surface area contributed by atoms with E-state index < -0.39 is 5.63 Å². The number of ketones is 1. The van der Waals surface area contributed by atoms with E-state index in [1.165, 1.54) is 12.8 Å². The molecule has 110 valence electrons. The standard InChI is InChI=1S/C16H17O4S/c1-19-12-4-5-15-11(8-12)9-13(16(18)20-15)14(17)10-21-6-2-3-7-21/h4-5,8-9H,2-3,6-7,10H2,1H3/q+1. The number of Topliss-reactive ketones (excluding diaryl/α,β-unsaturated/α-hetero) is 1. The van der Waals surface area contributed by atoms with Crippen molar-refractivity contribution < 1.29 is 13.9 Å². The molecule has 0 aliphatic carbocycles.